The van der Waals surface area contributed by atoms with Crippen molar-refractivity contribution >= 4 is 17.3 Å². The normalized spacial score (nSPS) is 10.3. The van der Waals surface area contributed by atoms with E-state index < -0.39 is 17.5 Å². The number of anilines is 2. The van der Waals surface area contributed by atoms with Crippen LogP contribution in [0.2, 0.25) is 0 Å². The molecule has 0 saturated carbocycles. The van der Waals surface area contributed by atoms with Crippen LogP contribution in [0.15, 0.2) is 30.3 Å². The number of aryl methyl sites for hydroxylation is 2. The minimum absolute atomic E-state index is 0.172. The Morgan fingerprint density at radius 3 is 2.43 bits per heavy atom. The first-order valence-corrected chi connectivity index (χ1v) is 6.26. The quantitative estimate of drug-likeness (QED) is 0.601. The highest BCUT2D eigenvalue weighted by Gasteiger charge is 2.15. The Hall–Kier alpha value is -2.47. The van der Waals surface area contributed by atoms with Crippen LogP contribution in [0.3, 0.4) is 0 Å². The van der Waals surface area contributed by atoms with E-state index in [1.807, 2.05) is 6.92 Å². The van der Waals surface area contributed by atoms with Gasteiger partial charge in [-0.05, 0) is 37.6 Å². The summed E-state index contributed by atoms with van der Waals surface area (Å²) in [6.45, 7) is 3.25. The van der Waals surface area contributed by atoms with Gasteiger partial charge in [0.1, 0.15) is 11.6 Å². The predicted molar refractivity (Wildman–Crippen MR) is 78.0 cm³/mol. The molecule has 110 valence electrons. The maximum absolute atomic E-state index is 13.7. The lowest BCUT2D eigenvalue weighted by Gasteiger charge is -2.11. The van der Waals surface area contributed by atoms with E-state index in [0.717, 1.165) is 17.7 Å². The van der Waals surface area contributed by atoms with E-state index in [9.17, 15) is 13.6 Å². The van der Waals surface area contributed by atoms with E-state index in [2.05, 4.69) is 10.7 Å². The van der Waals surface area contributed by atoms with E-state index in [4.69, 9.17) is 5.84 Å². The molecule has 0 unspecified atom stereocenters. The summed E-state index contributed by atoms with van der Waals surface area (Å²) in [5.41, 5.74) is 3.84. The van der Waals surface area contributed by atoms with Crippen LogP contribution < -0.4 is 16.6 Å². The fourth-order valence-corrected chi connectivity index (χ4v) is 1.90. The summed E-state index contributed by atoms with van der Waals surface area (Å²) in [5.74, 6) is 3.48. The molecule has 0 aliphatic rings. The molecule has 0 atom stereocenters. The van der Waals surface area contributed by atoms with Crippen LogP contribution in [0.4, 0.5) is 20.2 Å². The summed E-state index contributed by atoms with van der Waals surface area (Å²) in [4.78, 5) is 12.2. The second-order valence-electron chi connectivity index (χ2n) is 4.73. The topological polar surface area (TPSA) is 67.1 Å². The molecule has 0 heterocycles. The summed E-state index contributed by atoms with van der Waals surface area (Å²) in [6, 6.07) is 7.00. The Kier molecular flexibility index (Phi) is 4.18. The molecule has 4 N–H and O–H groups in total. The molecule has 0 aliphatic heterocycles. The summed E-state index contributed by atoms with van der Waals surface area (Å²) in [6.07, 6.45) is 0. The fourth-order valence-electron chi connectivity index (χ4n) is 1.90. The Balaban J connectivity index is 2.34. The minimum Gasteiger partial charge on any atom is -0.323 e. The van der Waals surface area contributed by atoms with Crippen molar-refractivity contribution in [3.8, 4) is 0 Å². The van der Waals surface area contributed by atoms with Gasteiger partial charge in [-0.2, -0.15) is 0 Å². The van der Waals surface area contributed by atoms with Crippen molar-refractivity contribution in [3.63, 3.8) is 0 Å². The molecule has 0 saturated heterocycles. The van der Waals surface area contributed by atoms with E-state index in [1.165, 1.54) is 6.92 Å². The summed E-state index contributed by atoms with van der Waals surface area (Å²) in [7, 11) is 0. The van der Waals surface area contributed by atoms with Gasteiger partial charge in [-0.25, -0.2) is 8.78 Å². The zero-order chi connectivity index (χ0) is 15.6. The first-order chi connectivity index (χ1) is 9.92. The SMILES string of the molecule is Cc1ccc(NN)c(C(=O)Nc2cc(F)c(C)cc2F)c1. The van der Waals surface area contributed by atoms with Crippen molar-refractivity contribution in [2.75, 3.05) is 10.7 Å². The number of halogens is 2. The van der Waals surface area contributed by atoms with Gasteiger partial charge in [0.2, 0.25) is 0 Å². The van der Waals surface area contributed by atoms with Crippen molar-refractivity contribution in [1.82, 2.24) is 0 Å². The lowest BCUT2D eigenvalue weighted by molar-refractivity contribution is 0.102. The van der Waals surface area contributed by atoms with E-state index in [-0.39, 0.29) is 16.8 Å². The standard InChI is InChI=1S/C15H15F2N3O/c1-8-3-4-13(20-18)10(5-8)15(21)19-14-7-11(16)9(2)6-12(14)17/h3-7,20H,18H2,1-2H3,(H,19,21). The first kappa shape index (κ1) is 14.9. The lowest BCUT2D eigenvalue weighted by Crippen LogP contribution is -2.18. The second-order valence-corrected chi connectivity index (χ2v) is 4.73. The molecule has 0 radical (unpaired) electrons. The van der Waals surface area contributed by atoms with Crippen molar-refractivity contribution in [2.24, 2.45) is 5.84 Å². The maximum Gasteiger partial charge on any atom is 0.257 e. The van der Waals surface area contributed by atoms with Crippen LogP contribution in [-0.2, 0) is 0 Å². The highest BCUT2D eigenvalue weighted by molar-refractivity contribution is 6.08. The van der Waals surface area contributed by atoms with Crippen LogP contribution in [0, 0.1) is 25.5 Å². The first-order valence-electron chi connectivity index (χ1n) is 6.26. The Bertz CT molecular complexity index is 702. The maximum atomic E-state index is 13.7. The smallest absolute Gasteiger partial charge is 0.257 e. The number of nitrogen functional groups attached to an aromatic ring is 1. The van der Waals surface area contributed by atoms with E-state index in [1.54, 1.807) is 18.2 Å². The number of hydrogen-bond acceptors (Lipinski definition) is 3. The monoisotopic (exact) mass is 291 g/mol. The third-order valence-electron chi connectivity index (χ3n) is 3.07. The number of amides is 1. The number of hydrazine groups is 1. The van der Waals surface area contributed by atoms with E-state index in [0.29, 0.717) is 5.69 Å². The van der Waals surface area contributed by atoms with Gasteiger partial charge in [0.25, 0.3) is 5.91 Å². The Labute approximate surface area is 120 Å². The fraction of sp³-hybridized carbons (Fsp3) is 0.133. The van der Waals surface area contributed by atoms with Crippen molar-refractivity contribution in [3.05, 3.63) is 58.7 Å². The van der Waals surface area contributed by atoms with Gasteiger partial charge in [0.15, 0.2) is 0 Å². The number of carbonyl (C=O) groups excluding carboxylic acids is 1. The zero-order valence-electron chi connectivity index (χ0n) is 11.6. The molecule has 0 aliphatic carbocycles. The molecule has 0 bridgehead atoms. The van der Waals surface area contributed by atoms with Gasteiger partial charge in [-0.3, -0.25) is 10.6 Å². The molecule has 2 aromatic carbocycles. The third kappa shape index (κ3) is 3.17. The molecule has 4 nitrogen and oxygen atoms in total. The Morgan fingerprint density at radius 2 is 1.76 bits per heavy atom. The van der Waals surface area contributed by atoms with Gasteiger partial charge in [-0.1, -0.05) is 11.6 Å². The van der Waals surface area contributed by atoms with E-state index >= 15 is 0 Å². The molecule has 1 amide bonds. The number of rotatable bonds is 3. The van der Waals surface area contributed by atoms with Crippen molar-refractivity contribution in [1.29, 1.82) is 0 Å². The third-order valence-corrected chi connectivity index (χ3v) is 3.07. The van der Waals surface area contributed by atoms with Crippen molar-refractivity contribution in [2.45, 2.75) is 13.8 Å². The van der Waals surface area contributed by atoms with Gasteiger partial charge >= 0.3 is 0 Å². The summed E-state index contributed by atoms with van der Waals surface area (Å²) in [5, 5.41) is 2.35. The van der Waals surface area contributed by atoms with Crippen LogP contribution in [-0.4, -0.2) is 5.91 Å². The molecule has 2 rings (SSSR count). The largest absolute Gasteiger partial charge is 0.323 e. The average molecular weight is 291 g/mol. The molecular weight excluding hydrogens is 276 g/mol. The van der Waals surface area contributed by atoms with Crippen LogP contribution in [0.1, 0.15) is 21.5 Å². The minimum atomic E-state index is -0.697. The number of hydrogen-bond donors (Lipinski definition) is 3. The lowest BCUT2D eigenvalue weighted by atomic mass is 10.1. The molecule has 0 aromatic heterocycles. The highest BCUT2D eigenvalue weighted by Crippen LogP contribution is 2.22. The number of benzene rings is 2. The van der Waals surface area contributed by atoms with Crippen LogP contribution >= 0.6 is 0 Å². The van der Waals surface area contributed by atoms with Gasteiger partial charge in [0.05, 0.1) is 16.9 Å². The molecular formula is C15H15F2N3O. The van der Waals surface area contributed by atoms with Crippen LogP contribution in [0.5, 0.6) is 0 Å². The van der Waals surface area contributed by atoms with Crippen molar-refractivity contribution < 1.29 is 13.6 Å². The second kappa shape index (κ2) is 5.88. The zero-order valence-corrected chi connectivity index (χ0v) is 11.6. The van der Waals surface area contributed by atoms with Gasteiger partial charge in [0, 0.05) is 6.07 Å². The molecule has 6 heteroatoms. The molecule has 21 heavy (non-hydrogen) atoms. The van der Waals surface area contributed by atoms with Crippen LogP contribution in [0.25, 0.3) is 0 Å². The van der Waals surface area contributed by atoms with Gasteiger partial charge in [-0.15, -0.1) is 0 Å². The predicted octanol–water partition coefficient (Wildman–Crippen LogP) is 3.12. The highest BCUT2D eigenvalue weighted by atomic mass is 19.1. The molecule has 2 aromatic rings. The number of carbonyl (C=O) groups is 1. The molecule has 0 fully saturated rings. The number of nitrogens with one attached hydrogen (secondary N) is 2. The Morgan fingerprint density at radius 1 is 1.05 bits per heavy atom. The summed E-state index contributed by atoms with van der Waals surface area (Å²) < 4.78 is 27.2. The van der Waals surface area contributed by atoms with Gasteiger partial charge < -0.3 is 10.7 Å². The summed E-state index contributed by atoms with van der Waals surface area (Å²) >= 11 is 0. The average Bonchev–Trinajstić information content (AvgIpc) is 2.44. The number of nitrogens with two attached hydrogens (primary N) is 1. The molecule has 0 spiro atoms.